The van der Waals surface area contributed by atoms with E-state index in [1.807, 2.05) is 18.2 Å². The second kappa shape index (κ2) is 5.84. The number of hydrogen-bond acceptors (Lipinski definition) is 4. The molecule has 0 bridgehead atoms. The van der Waals surface area contributed by atoms with Crippen molar-refractivity contribution in [1.82, 2.24) is 9.80 Å². The Morgan fingerprint density at radius 1 is 1.39 bits per heavy atom. The van der Waals surface area contributed by atoms with Crippen LogP contribution in [-0.4, -0.2) is 54.1 Å². The molecular weight excluding hydrogens is 228 g/mol. The van der Waals surface area contributed by atoms with Gasteiger partial charge >= 0.3 is 0 Å². The van der Waals surface area contributed by atoms with Crippen LogP contribution in [0.25, 0.3) is 0 Å². The van der Waals surface area contributed by atoms with Crippen LogP contribution in [0.4, 0.5) is 0 Å². The van der Waals surface area contributed by atoms with Crippen molar-refractivity contribution in [2.45, 2.75) is 6.04 Å². The lowest BCUT2D eigenvalue weighted by Crippen LogP contribution is -2.49. The zero-order chi connectivity index (χ0) is 13.0. The van der Waals surface area contributed by atoms with Gasteiger partial charge in [0.2, 0.25) is 0 Å². The first-order chi connectivity index (χ1) is 8.70. The molecule has 5 nitrogen and oxygen atoms in total. The third-order valence-corrected chi connectivity index (χ3v) is 3.37. The van der Waals surface area contributed by atoms with Crippen LogP contribution >= 0.6 is 0 Å². The Labute approximate surface area is 107 Å². The van der Waals surface area contributed by atoms with Crippen molar-refractivity contribution in [3.63, 3.8) is 0 Å². The van der Waals surface area contributed by atoms with E-state index in [0.29, 0.717) is 12.6 Å². The van der Waals surface area contributed by atoms with Gasteiger partial charge in [0.1, 0.15) is 0 Å². The predicted octanol–water partition coefficient (Wildman–Crippen LogP) is 0.722. The number of amidine groups is 1. The Balaban J connectivity index is 2.16. The molecule has 5 heteroatoms. The Hall–Kier alpha value is -1.59. The minimum absolute atomic E-state index is 0.264. The molecule has 1 aliphatic rings. The van der Waals surface area contributed by atoms with Crippen molar-refractivity contribution in [1.29, 1.82) is 0 Å². The molecule has 0 spiro atoms. The second-order valence-electron chi connectivity index (χ2n) is 4.75. The lowest BCUT2D eigenvalue weighted by Gasteiger charge is -2.40. The van der Waals surface area contributed by atoms with Crippen LogP contribution in [0.1, 0.15) is 11.6 Å². The van der Waals surface area contributed by atoms with Crippen LogP contribution < -0.4 is 5.73 Å². The van der Waals surface area contributed by atoms with E-state index in [1.54, 1.807) is 0 Å². The molecule has 0 radical (unpaired) electrons. The molecule has 3 N–H and O–H groups in total. The monoisotopic (exact) mass is 248 g/mol. The quantitative estimate of drug-likeness (QED) is 0.358. The lowest BCUT2D eigenvalue weighted by atomic mass is 10.0. The summed E-state index contributed by atoms with van der Waals surface area (Å²) in [4.78, 5) is 4.56. The van der Waals surface area contributed by atoms with Gasteiger partial charge in [-0.3, -0.25) is 4.90 Å². The fourth-order valence-corrected chi connectivity index (χ4v) is 2.38. The molecule has 98 valence electrons. The largest absolute Gasteiger partial charge is 0.409 e. The molecule has 18 heavy (non-hydrogen) atoms. The van der Waals surface area contributed by atoms with Gasteiger partial charge in [0.25, 0.3) is 0 Å². The standard InChI is InChI=1S/C13H20N4O/c1-16-7-8-17(10-13(14)15-18)12(9-16)11-5-3-2-4-6-11/h2-6,12,18H,7-10H2,1H3,(H2,14,15). The minimum Gasteiger partial charge on any atom is -0.409 e. The first-order valence-corrected chi connectivity index (χ1v) is 6.14. The van der Waals surface area contributed by atoms with Gasteiger partial charge < -0.3 is 15.8 Å². The summed E-state index contributed by atoms with van der Waals surface area (Å²) in [5.74, 6) is 0.264. The molecule has 1 fully saturated rings. The third kappa shape index (κ3) is 3.00. The maximum absolute atomic E-state index is 8.70. The summed E-state index contributed by atoms with van der Waals surface area (Å²) in [5.41, 5.74) is 6.90. The van der Waals surface area contributed by atoms with Crippen LogP contribution in [0, 0.1) is 0 Å². The molecule has 1 atom stereocenters. The summed E-state index contributed by atoms with van der Waals surface area (Å²) in [6.07, 6.45) is 0. The highest BCUT2D eigenvalue weighted by molar-refractivity contribution is 5.81. The van der Waals surface area contributed by atoms with E-state index >= 15 is 0 Å². The SMILES string of the molecule is CN1CCN(C/C(N)=N/O)C(c2ccccc2)C1. The predicted molar refractivity (Wildman–Crippen MR) is 71.7 cm³/mol. The highest BCUT2D eigenvalue weighted by Gasteiger charge is 2.26. The van der Waals surface area contributed by atoms with Gasteiger partial charge in [-0.2, -0.15) is 0 Å². The number of rotatable bonds is 3. The van der Waals surface area contributed by atoms with Crippen molar-refractivity contribution < 1.29 is 5.21 Å². The Morgan fingerprint density at radius 3 is 2.78 bits per heavy atom. The molecule has 1 unspecified atom stereocenters. The van der Waals surface area contributed by atoms with Gasteiger partial charge in [-0.05, 0) is 12.6 Å². The average molecular weight is 248 g/mol. The van der Waals surface area contributed by atoms with Crippen LogP contribution in [0.2, 0.25) is 0 Å². The maximum Gasteiger partial charge on any atom is 0.153 e. The molecule has 1 aliphatic heterocycles. The summed E-state index contributed by atoms with van der Waals surface area (Å²) < 4.78 is 0. The van der Waals surface area contributed by atoms with E-state index < -0.39 is 0 Å². The first-order valence-electron chi connectivity index (χ1n) is 6.14. The van der Waals surface area contributed by atoms with E-state index in [-0.39, 0.29) is 5.84 Å². The summed E-state index contributed by atoms with van der Waals surface area (Å²) in [6.45, 7) is 3.39. The van der Waals surface area contributed by atoms with Crippen molar-refractivity contribution >= 4 is 5.84 Å². The Bertz CT molecular complexity index is 407. The molecule has 0 aliphatic carbocycles. The molecule has 0 aromatic heterocycles. The zero-order valence-corrected chi connectivity index (χ0v) is 10.7. The van der Waals surface area contributed by atoms with Gasteiger partial charge in [-0.15, -0.1) is 0 Å². The lowest BCUT2D eigenvalue weighted by molar-refractivity contribution is 0.104. The van der Waals surface area contributed by atoms with E-state index in [2.05, 4.69) is 34.1 Å². The first kappa shape index (κ1) is 12.9. The molecule has 1 heterocycles. The van der Waals surface area contributed by atoms with Gasteiger partial charge in [0.05, 0.1) is 6.54 Å². The highest BCUT2D eigenvalue weighted by Crippen LogP contribution is 2.24. The summed E-state index contributed by atoms with van der Waals surface area (Å²) >= 11 is 0. The van der Waals surface area contributed by atoms with Crippen LogP contribution in [0.15, 0.2) is 35.5 Å². The van der Waals surface area contributed by atoms with E-state index in [0.717, 1.165) is 19.6 Å². The van der Waals surface area contributed by atoms with Gasteiger partial charge in [-0.25, -0.2) is 0 Å². The van der Waals surface area contributed by atoms with Gasteiger partial charge in [-0.1, -0.05) is 35.5 Å². The highest BCUT2D eigenvalue weighted by atomic mass is 16.4. The van der Waals surface area contributed by atoms with E-state index in [4.69, 9.17) is 10.9 Å². The topological polar surface area (TPSA) is 65.1 Å². The molecule has 1 saturated heterocycles. The molecular formula is C13H20N4O. The molecule has 0 amide bonds. The molecule has 0 saturated carbocycles. The molecule has 2 rings (SSSR count). The summed E-state index contributed by atoms with van der Waals surface area (Å²) in [5, 5.41) is 11.8. The van der Waals surface area contributed by atoms with Crippen LogP contribution in [0.3, 0.4) is 0 Å². The number of benzene rings is 1. The normalized spacial score (nSPS) is 23.2. The zero-order valence-electron chi connectivity index (χ0n) is 10.7. The number of nitrogens with two attached hydrogens (primary N) is 1. The second-order valence-corrected chi connectivity index (χ2v) is 4.75. The number of piperazine rings is 1. The maximum atomic E-state index is 8.70. The Morgan fingerprint density at radius 2 is 2.11 bits per heavy atom. The van der Waals surface area contributed by atoms with Gasteiger partial charge in [0.15, 0.2) is 5.84 Å². The fraction of sp³-hybridized carbons (Fsp3) is 0.462. The smallest absolute Gasteiger partial charge is 0.153 e. The van der Waals surface area contributed by atoms with E-state index in [1.165, 1.54) is 5.56 Å². The van der Waals surface area contributed by atoms with Crippen LogP contribution in [0.5, 0.6) is 0 Å². The van der Waals surface area contributed by atoms with Crippen molar-refractivity contribution in [3.05, 3.63) is 35.9 Å². The van der Waals surface area contributed by atoms with Gasteiger partial charge in [0, 0.05) is 25.7 Å². The van der Waals surface area contributed by atoms with Crippen molar-refractivity contribution in [3.8, 4) is 0 Å². The van der Waals surface area contributed by atoms with Crippen LogP contribution in [-0.2, 0) is 0 Å². The third-order valence-electron chi connectivity index (χ3n) is 3.37. The fourth-order valence-electron chi connectivity index (χ4n) is 2.38. The van der Waals surface area contributed by atoms with E-state index in [9.17, 15) is 0 Å². The molecule has 1 aromatic carbocycles. The Kier molecular flexibility index (Phi) is 4.17. The number of nitrogens with zero attached hydrogens (tertiary/aromatic N) is 3. The number of likely N-dealkylation sites (N-methyl/N-ethyl adjacent to an activating group) is 1. The number of oxime groups is 1. The number of hydrogen-bond donors (Lipinski definition) is 2. The minimum atomic E-state index is 0.264. The summed E-state index contributed by atoms with van der Waals surface area (Å²) in [7, 11) is 2.12. The average Bonchev–Trinajstić information content (AvgIpc) is 2.41. The van der Waals surface area contributed by atoms with Crippen molar-refractivity contribution in [2.75, 3.05) is 33.2 Å². The molecule has 1 aromatic rings. The van der Waals surface area contributed by atoms with Crippen molar-refractivity contribution in [2.24, 2.45) is 10.9 Å². The summed E-state index contributed by atoms with van der Waals surface area (Å²) in [6, 6.07) is 10.7.